The predicted octanol–water partition coefficient (Wildman–Crippen LogP) is 0.611. The average Bonchev–Trinajstić information content (AvgIpc) is 2.36. The molecular formula is C13H14N2O2. The first kappa shape index (κ1) is 11.4. The molecule has 1 aromatic carbocycles. The second-order valence-electron chi connectivity index (χ2n) is 4.06. The Balaban J connectivity index is 2.37. The van der Waals surface area contributed by atoms with Crippen LogP contribution in [0.2, 0.25) is 0 Å². The number of hydrogen-bond acceptors (Lipinski definition) is 2. The van der Waals surface area contributed by atoms with Gasteiger partial charge in [-0.25, -0.2) is 0 Å². The highest BCUT2D eigenvalue weighted by molar-refractivity contribution is 5.92. The molecular weight excluding hydrogens is 216 g/mol. The molecule has 1 heterocycles. The Kier molecular flexibility index (Phi) is 2.95. The number of rotatable bonds is 2. The summed E-state index contributed by atoms with van der Waals surface area (Å²) in [6, 6.07) is 7.18. The predicted molar refractivity (Wildman–Crippen MR) is 63.9 cm³/mol. The summed E-state index contributed by atoms with van der Waals surface area (Å²) in [4.78, 5) is 24.6. The van der Waals surface area contributed by atoms with Gasteiger partial charge in [-0.2, -0.15) is 0 Å². The molecule has 0 unspecified atom stereocenters. The van der Waals surface area contributed by atoms with Crippen molar-refractivity contribution in [1.29, 1.82) is 0 Å². The third-order valence-electron chi connectivity index (χ3n) is 3.03. The van der Waals surface area contributed by atoms with E-state index < -0.39 is 11.9 Å². The molecule has 0 spiro atoms. The fourth-order valence-corrected chi connectivity index (χ4v) is 2.13. The summed E-state index contributed by atoms with van der Waals surface area (Å²) in [5.41, 5.74) is 7.47. The number of nitrogens with two attached hydrogens (primary N) is 1. The molecule has 1 aliphatic rings. The molecule has 0 saturated heterocycles. The van der Waals surface area contributed by atoms with Gasteiger partial charge in [0.25, 0.3) is 0 Å². The number of carbonyl (C=O) groups excluding carboxylic acids is 2. The highest BCUT2D eigenvalue weighted by Crippen LogP contribution is 2.23. The van der Waals surface area contributed by atoms with Crippen LogP contribution in [0.3, 0.4) is 0 Å². The van der Waals surface area contributed by atoms with Crippen LogP contribution in [0.15, 0.2) is 36.9 Å². The lowest BCUT2D eigenvalue weighted by molar-refractivity contribution is -0.136. The molecule has 2 N–H and O–H groups in total. The minimum atomic E-state index is -0.574. The van der Waals surface area contributed by atoms with E-state index in [-0.39, 0.29) is 5.91 Å². The zero-order valence-electron chi connectivity index (χ0n) is 9.43. The normalized spacial score (nSPS) is 18.4. The topological polar surface area (TPSA) is 63.4 Å². The SMILES string of the molecule is C=CC(=O)N1Cc2ccccc2C[C@H]1C(N)=O. The maximum atomic E-state index is 11.7. The summed E-state index contributed by atoms with van der Waals surface area (Å²) in [6.07, 6.45) is 1.69. The number of hydrogen-bond donors (Lipinski definition) is 1. The molecule has 0 fully saturated rings. The molecule has 0 saturated carbocycles. The van der Waals surface area contributed by atoms with E-state index in [1.165, 1.54) is 11.0 Å². The van der Waals surface area contributed by atoms with Crippen molar-refractivity contribution >= 4 is 11.8 Å². The van der Waals surface area contributed by atoms with Crippen LogP contribution in [0, 0.1) is 0 Å². The summed E-state index contributed by atoms with van der Waals surface area (Å²) in [5, 5.41) is 0. The summed E-state index contributed by atoms with van der Waals surface area (Å²) >= 11 is 0. The van der Waals surface area contributed by atoms with Crippen LogP contribution in [0.1, 0.15) is 11.1 Å². The first-order chi connectivity index (χ1) is 8.13. The van der Waals surface area contributed by atoms with Crippen molar-refractivity contribution in [2.45, 2.75) is 19.0 Å². The van der Waals surface area contributed by atoms with Crippen molar-refractivity contribution in [3.8, 4) is 0 Å². The monoisotopic (exact) mass is 230 g/mol. The van der Waals surface area contributed by atoms with Gasteiger partial charge in [-0.3, -0.25) is 9.59 Å². The Morgan fingerprint density at radius 1 is 1.35 bits per heavy atom. The van der Waals surface area contributed by atoms with Crippen LogP contribution >= 0.6 is 0 Å². The lowest BCUT2D eigenvalue weighted by Gasteiger charge is -2.34. The summed E-state index contributed by atoms with van der Waals surface area (Å²) < 4.78 is 0. The molecule has 4 heteroatoms. The largest absolute Gasteiger partial charge is 0.368 e. The van der Waals surface area contributed by atoms with Gasteiger partial charge in [-0.05, 0) is 17.2 Å². The Morgan fingerprint density at radius 2 is 2.00 bits per heavy atom. The van der Waals surface area contributed by atoms with Crippen LogP contribution in [0.25, 0.3) is 0 Å². The molecule has 0 aromatic heterocycles. The minimum Gasteiger partial charge on any atom is -0.368 e. The molecule has 0 bridgehead atoms. The smallest absolute Gasteiger partial charge is 0.246 e. The van der Waals surface area contributed by atoms with E-state index >= 15 is 0 Å². The number of benzene rings is 1. The van der Waals surface area contributed by atoms with Gasteiger partial charge in [0.2, 0.25) is 11.8 Å². The molecule has 4 nitrogen and oxygen atoms in total. The van der Waals surface area contributed by atoms with E-state index in [4.69, 9.17) is 5.73 Å². The zero-order valence-corrected chi connectivity index (χ0v) is 9.43. The Bertz CT molecular complexity index is 482. The molecule has 88 valence electrons. The van der Waals surface area contributed by atoms with Gasteiger partial charge < -0.3 is 10.6 Å². The molecule has 17 heavy (non-hydrogen) atoms. The Labute approximate surface area is 99.7 Å². The zero-order chi connectivity index (χ0) is 12.4. The van der Waals surface area contributed by atoms with E-state index in [0.717, 1.165) is 11.1 Å². The maximum Gasteiger partial charge on any atom is 0.246 e. The van der Waals surface area contributed by atoms with Crippen LogP contribution in [-0.4, -0.2) is 22.8 Å². The standard InChI is InChI=1S/C13H14N2O2/c1-2-12(16)15-8-10-6-4-3-5-9(10)7-11(15)13(14)17/h2-6,11H,1,7-8H2,(H2,14,17)/t11-/m0/s1. The van der Waals surface area contributed by atoms with Gasteiger partial charge in [0.15, 0.2) is 0 Å². The number of nitrogens with zero attached hydrogens (tertiary/aromatic N) is 1. The van der Waals surface area contributed by atoms with Gasteiger partial charge in [0, 0.05) is 13.0 Å². The van der Waals surface area contributed by atoms with E-state index in [0.29, 0.717) is 13.0 Å². The summed E-state index contributed by atoms with van der Waals surface area (Å²) in [5.74, 6) is -0.738. The van der Waals surface area contributed by atoms with Crippen molar-refractivity contribution in [2.24, 2.45) is 5.73 Å². The van der Waals surface area contributed by atoms with Crippen molar-refractivity contribution in [1.82, 2.24) is 4.90 Å². The number of amides is 2. The molecule has 0 radical (unpaired) electrons. The lowest BCUT2D eigenvalue weighted by Crippen LogP contribution is -2.50. The van der Waals surface area contributed by atoms with Crippen LogP contribution in [0.4, 0.5) is 0 Å². The number of carbonyl (C=O) groups is 2. The molecule has 2 rings (SSSR count). The van der Waals surface area contributed by atoms with Gasteiger partial charge in [0.05, 0.1) is 0 Å². The van der Waals surface area contributed by atoms with Crippen LogP contribution in [0.5, 0.6) is 0 Å². The van der Waals surface area contributed by atoms with Gasteiger partial charge >= 0.3 is 0 Å². The fourth-order valence-electron chi connectivity index (χ4n) is 2.13. The molecule has 1 atom stereocenters. The van der Waals surface area contributed by atoms with E-state index in [1.807, 2.05) is 24.3 Å². The summed E-state index contributed by atoms with van der Waals surface area (Å²) in [6.45, 7) is 3.85. The third-order valence-corrected chi connectivity index (χ3v) is 3.03. The maximum absolute atomic E-state index is 11.7. The average molecular weight is 230 g/mol. The highest BCUT2D eigenvalue weighted by Gasteiger charge is 2.31. The van der Waals surface area contributed by atoms with Gasteiger partial charge in [-0.15, -0.1) is 0 Å². The number of fused-ring (bicyclic) bond motifs is 1. The summed E-state index contributed by atoms with van der Waals surface area (Å²) in [7, 11) is 0. The first-order valence-electron chi connectivity index (χ1n) is 5.42. The van der Waals surface area contributed by atoms with Crippen molar-refractivity contribution < 1.29 is 9.59 Å². The number of primary amides is 1. The lowest BCUT2D eigenvalue weighted by atomic mass is 9.93. The quantitative estimate of drug-likeness (QED) is 0.757. The van der Waals surface area contributed by atoms with E-state index in [9.17, 15) is 9.59 Å². The van der Waals surface area contributed by atoms with E-state index in [2.05, 4.69) is 6.58 Å². The van der Waals surface area contributed by atoms with Crippen molar-refractivity contribution in [3.63, 3.8) is 0 Å². The second kappa shape index (κ2) is 4.41. The van der Waals surface area contributed by atoms with Gasteiger partial charge in [0.1, 0.15) is 6.04 Å². The molecule has 2 amide bonds. The first-order valence-corrected chi connectivity index (χ1v) is 5.42. The minimum absolute atomic E-state index is 0.261. The van der Waals surface area contributed by atoms with Gasteiger partial charge in [-0.1, -0.05) is 30.8 Å². The molecule has 1 aliphatic heterocycles. The van der Waals surface area contributed by atoms with Crippen LogP contribution in [-0.2, 0) is 22.6 Å². The van der Waals surface area contributed by atoms with Crippen LogP contribution < -0.4 is 5.73 Å². The molecule has 1 aromatic rings. The van der Waals surface area contributed by atoms with Crippen molar-refractivity contribution in [2.75, 3.05) is 0 Å². The van der Waals surface area contributed by atoms with Crippen molar-refractivity contribution in [3.05, 3.63) is 48.0 Å². The fraction of sp³-hybridized carbons (Fsp3) is 0.231. The Hall–Kier alpha value is -2.10. The molecule has 0 aliphatic carbocycles. The van der Waals surface area contributed by atoms with E-state index in [1.54, 1.807) is 0 Å². The highest BCUT2D eigenvalue weighted by atomic mass is 16.2. The Morgan fingerprint density at radius 3 is 2.59 bits per heavy atom. The second-order valence-corrected chi connectivity index (χ2v) is 4.06. The third kappa shape index (κ3) is 2.06.